The molecule has 0 heterocycles. The van der Waals surface area contributed by atoms with Crippen molar-refractivity contribution in [3.05, 3.63) is 35.9 Å². The Balaban J connectivity index is 2.50. The number of carbonyl (C=O) groups is 2. The summed E-state index contributed by atoms with van der Waals surface area (Å²) in [5.41, 5.74) is 0.341. The summed E-state index contributed by atoms with van der Waals surface area (Å²) in [6.45, 7) is 0.181. The van der Waals surface area contributed by atoms with Gasteiger partial charge >= 0.3 is 5.97 Å². The minimum Gasteiger partial charge on any atom is -0.460 e. The number of hydrogen-bond acceptors (Lipinski definition) is 3. The van der Waals surface area contributed by atoms with Gasteiger partial charge in [-0.2, -0.15) is 0 Å². The van der Waals surface area contributed by atoms with Crippen LogP contribution in [0, 0.1) is 0 Å². The van der Waals surface area contributed by atoms with Crippen molar-refractivity contribution in [3.63, 3.8) is 0 Å². The van der Waals surface area contributed by atoms with Crippen molar-refractivity contribution in [1.82, 2.24) is 0 Å². The summed E-state index contributed by atoms with van der Waals surface area (Å²) in [7, 11) is 0. The van der Waals surface area contributed by atoms with Gasteiger partial charge in [0.25, 0.3) is 5.78 Å². The highest BCUT2D eigenvalue weighted by atomic mass is 35.5. The molecule has 1 aromatic rings. The van der Waals surface area contributed by atoms with E-state index in [9.17, 15) is 9.59 Å². The molecule has 0 amide bonds. The molecule has 0 bridgehead atoms. The highest BCUT2D eigenvalue weighted by Crippen LogP contribution is 2.01. The third-order valence-corrected chi connectivity index (χ3v) is 2.00. The molecule has 1 rings (SSSR count). The molecule has 80 valence electrons. The molecule has 0 aliphatic heterocycles. The highest BCUT2D eigenvalue weighted by Gasteiger charge is 2.16. The van der Waals surface area contributed by atoms with Gasteiger partial charge in [-0.05, 0) is 6.42 Å². The fourth-order valence-electron chi connectivity index (χ4n) is 0.992. The number of ketones is 1. The van der Waals surface area contributed by atoms with E-state index in [-0.39, 0.29) is 6.61 Å². The van der Waals surface area contributed by atoms with Gasteiger partial charge in [0.05, 0.1) is 6.61 Å². The zero-order valence-corrected chi connectivity index (χ0v) is 8.87. The second-order valence-corrected chi connectivity index (χ2v) is 3.25. The lowest BCUT2D eigenvalue weighted by Crippen LogP contribution is -2.18. The average molecular weight is 227 g/mol. The highest BCUT2D eigenvalue weighted by molar-refractivity contribution is 6.40. The summed E-state index contributed by atoms with van der Waals surface area (Å²) in [4.78, 5) is 22.6. The van der Waals surface area contributed by atoms with Gasteiger partial charge in [0.2, 0.25) is 0 Å². The molecule has 0 unspecified atom stereocenters. The molecule has 0 radical (unpaired) electrons. The minimum absolute atomic E-state index is 0.181. The lowest BCUT2D eigenvalue weighted by Gasteiger charge is -2.02. The van der Waals surface area contributed by atoms with E-state index in [1.54, 1.807) is 30.3 Å². The standard InChI is InChI=1S/C11H11ClO3/c12-7-4-8-15-11(14)10(13)9-5-2-1-3-6-9/h1-3,5-6H,4,7-8H2. The predicted molar refractivity (Wildman–Crippen MR) is 57.1 cm³/mol. The van der Waals surface area contributed by atoms with Gasteiger partial charge in [-0.15, -0.1) is 11.6 Å². The van der Waals surface area contributed by atoms with Gasteiger partial charge in [-0.1, -0.05) is 30.3 Å². The fraction of sp³-hybridized carbons (Fsp3) is 0.273. The lowest BCUT2D eigenvalue weighted by atomic mass is 10.1. The predicted octanol–water partition coefficient (Wildman–Crippen LogP) is 2.04. The van der Waals surface area contributed by atoms with Crippen molar-refractivity contribution in [1.29, 1.82) is 0 Å². The van der Waals surface area contributed by atoms with Crippen molar-refractivity contribution in [2.75, 3.05) is 12.5 Å². The van der Waals surface area contributed by atoms with E-state index in [2.05, 4.69) is 0 Å². The summed E-state index contributed by atoms with van der Waals surface area (Å²) in [6.07, 6.45) is 0.551. The first-order valence-corrected chi connectivity index (χ1v) is 5.11. The summed E-state index contributed by atoms with van der Waals surface area (Å²) in [6, 6.07) is 8.31. The molecule has 0 aliphatic carbocycles. The Morgan fingerprint density at radius 2 is 1.87 bits per heavy atom. The van der Waals surface area contributed by atoms with Crippen LogP contribution in [0.4, 0.5) is 0 Å². The summed E-state index contributed by atoms with van der Waals surface area (Å²) < 4.78 is 4.73. The molecular weight excluding hydrogens is 216 g/mol. The Bertz CT molecular complexity index is 335. The van der Waals surface area contributed by atoms with E-state index in [4.69, 9.17) is 16.3 Å². The maximum absolute atomic E-state index is 11.4. The lowest BCUT2D eigenvalue weighted by molar-refractivity contribution is -0.138. The number of esters is 1. The second kappa shape index (κ2) is 6.19. The van der Waals surface area contributed by atoms with Crippen molar-refractivity contribution >= 4 is 23.4 Å². The van der Waals surface area contributed by atoms with E-state index in [0.717, 1.165) is 0 Å². The van der Waals surface area contributed by atoms with Crippen LogP contribution in [0.2, 0.25) is 0 Å². The molecule has 0 aromatic heterocycles. The number of alkyl halides is 1. The largest absolute Gasteiger partial charge is 0.460 e. The smallest absolute Gasteiger partial charge is 0.379 e. The first-order valence-electron chi connectivity index (χ1n) is 4.58. The summed E-state index contributed by atoms with van der Waals surface area (Å²) >= 11 is 5.41. The van der Waals surface area contributed by atoms with Gasteiger partial charge in [-0.25, -0.2) is 4.79 Å². The average Bonchev–Trinajstić information content (AvgIpc) is 2.29. The first-order chi connectivity index (χ1) is 7.25. The zero-order valence-electron chi connectivity index (χ0n) is 8.11. The number of ether oxygens (including phenoxy) is 1. The van der Waals surface area contributed by atoms with Crippen LogP contribution < -0.4 is 0 Å². The number of rotatable bonds is 5. The Morgan fingerprint density at radius 1 is 1.20 bits per heavy atom. The molecule has 0 saturated carbocycles. The van der Waals surface area contributed by atoms with E-state index in [0.29, 0.717) is 17.9 Å². The monoisotopic (exact) mass is 226 g/mol. The van der Waals surface area contributed by atoms with Crippen LogP contribution in [0.5, 0.6) is 0 Å². The molecule has 0 spiro atoms. The fourth-order valence-corrected chi connectivity index (χ4v) is 1.10. The van der Waals surface area contributed by atoms with Crippen LogP contribution in [-0.2, 0) is 9.53 Å². The third kappa shape index (κ3) is 3.72. The second-order valence-electron chi connectivity index (χ2n) is 2.87. The number of carbonyl (C=O) groups excluding carboxylic acids is 2. The number of Topliss-reactive ketones (excluding diaryl/α,β-unsaturated/α-hetero) is 1. The van der Waals surface area contributed by atoms with E-state index < -0.39 is 11.8 Å². The van der Waals surface area contributed by atoms with E-state index >= 15 is 0 Å². The Hall–Kier alpha value is -1.35. The number of benzene rings is 1. The molecule has 0 fully saturated rings. The third-order valence-electron chi connectivity index (χ3n) is 1.73. The molecule has 0 N–H and O–H groups in total. The zero-order chi connectivity index (χ0) is 11.1. The Kier molecular flexibility index (Phi) is 4.84. The molecular formula is C11H11ClO3. The van der Waals surface area contributed by atoms with Crippen LogP contribution in [0.1, 0.15) is 16.8 Å². The van der Waals surface area contributed by atoms with Crippen molar-refractivity contribution < 1.29 is 14.3 Å². The Labute approximate surface area is 93.0 Å². The van der Waals surface area contributed by atoms with Crippen molar-refractivity contribution in [3.8, 4) is 0 Å². The van der Waals surface area contributed by atoms with Crippen LogP contribution in [0.15, 0.2) is 30.3 Å². The first kappa shape index (κ1) is 11.7. The van der Waals surface area contributed by atoms with Crippen molar-refractivity contribution in [2.45, 2.75) is 6.42 Å². The topological polar surface area (TPSA) is 43.4 Å². The summed E-state index contributed by atoms with van der Waals surface area (Å²) in [5.74, 6) is -1.04. The van der Waals surface area contributed by atoms with Gasteiger partial charge < -0.3 is 4.74 Å². The molecule has 3 nitrogen and oxygen atoms in total. The number of halogens is 1. The van der Waals surface area contributed by atoms with Crippen molar-refractivity contribution in [2.24, 2.45) is 0 Å². The molecule has 4 heteroatoms. The quantitative estimate of drug-likeness (QED) is 0.254. The van der Waals surface area contributed by atoms with Crippen LogP contribution in [-0.4, -0.2) is 24.2 Å². The summed E-state index contributed by atoms with van der Waals surface area (Å²) in [5, 5.41) is 0. The molecule has 0 saturated heterocycles. The minimum atomic E-state index is -0.827. The van der Waals surface area contributed by atoms with Gasteiger partial charge in [-0.3, -0.25) is 4.79 Å². The molecule has 0 aliphatic rings. The van der Waals surface area contributed by atoms with Gasteiger partial charge in [0.1, 0.15) is 0 Å². The van der Waals surface area contributed by atoms with Gasteiger partial charge in [0.15, 0.2) is 0 Å². The maximum Gasteiger partial charge on any atom is 0.379 e. The van der Waals surface area contributed by atoms with Gasteiger partial charge in [0, 0.05) is 11.4 Å². The molecule has 15 heavy (non-hydrogen) atoms. The molecule has 1 aromatic carbocycles. The van der Waals surface area contributed by atoms with E-state index in [1.165, 1.54) is 0 Å². The van der Waals surface area contributed by atoms with Crippen LogP contribution >= 0.6 is 11.6 Å². The maximum atomic E-state index is 11.4. The SMILES string of the molecule is O=C(OCCCCl)C(=O)c1ccccc1. The van der Waals surface area contributed by atoms with Crippen LogP contribution in [0.3, 0.4) is 0 Å². The molecule has 0 atom stereocenters. The van der Waals surface area contributed by atoms with E-state index in [1.807, 2.05) is 0 Å². The van der Waals surface area contributed by atoms with Crippen LogP contribution in [0.25, 0.3) is 0 Å². The normalized spacial score (nSPS) is 9.67. The number of hydrogen-bond donors (Lipinski definition) is 0. The Morgan fingerprint density at radius 3 is 2.47 bits per heavy atom.